The summed E-state index contributed by atoms with van der Waals surface area (Å²) in [5.74, 6) is -0.472. The Hall–Kier alpha value is -2.03. The second-order valence-corrected chi connectivity index (χ2v) is 6.01. The van der Waals surface area contributed by atoms with Crippen molar-refractivity contribution in [3.63, 3.8) is 0 Å². The van der Waals surface area contributed by atoms with Gasteiger partial charge in [0.25, 0.3) is 11.6 Å². The molecule has 0 aliphatic heterocycles. The summed E-state index contributed by atoms with van der Waals surface area (Å²) in [6.07, 6.45) is 0. The predicted octanol–water partition coefficient (Wildman–Crippen LogP) is 4.14. The highest BCUT2D eigenvalue weighted by molar-refractivity contribution is 9.10. The van der Waals surface area contributed by atoms with E-state index in [1.807, 2.05) is 0 Å². The van der Waals surface area contributed by atoms with E-state index in [-0.39, 0.29) is 16.4 Å². The first kappa shape index (κ1) is 17.3. The van der Waals surface area contributed by atoms with Crippen molar-refractivity contribution >= 4 is 62.1 Å². The maximum Gasteiger partial charge on any atom is 0.269 e. The zero-order valence-electron chi connectivity index (χ0n) is 11.4. The summed E-state index contributed by atoms with van der Waals surface area (Å²) in [6, 6.07) is 10.3. The van der Waals surface area contributed by atoms with Gasteiger partial charge in [-0.1, -0.05) is 11.6 Å². The minimum absolute atomic E-state index is 0.0896. The Kier molecular flexibility index (Phi) is 5.64. The number of hydrogen-bond donors (Lipinski definition) is 2. The Labute approximate surface area is 150 Å². The van der Waals surface area contributed by atoms with Crippen molar-refractivity contribution in [1.82, 2.24) is 5.32 Å². The minimum Gasteiger partial charge on any atom is -0.332 e. The summed E-state index contributed by atoms with van der Waals surface area (Å²) >= 11 is 14.3. The normalized spacial score (nSPS) is 10.0. The Bertz CT molecular complexity index is 783. The van der Waals surface area contributed by atoms with Crippen LogP contribution in [0, 0.1) is 10.1 Å². The third-order valence-corrected chi connectivity index (χ3v) is 4.18. The van der Waals surface area contributed by atoms with Gasteiger partial charge in [-0.3, -0.25) is 20.2 Å². The first-order chi connectivity index (χ1) is 10.9. The number of nitrogens with one attached hydrogen (secondary N) is 2. The molecule has 0 saturated heterocycles. The van der Waals surface area contributed by atoms with Gasteiger partial charge >= 0.3 is 0 Å². The van der Waals surface area contributed by atoms with Crippen molar-refractivity contribution in [2.75, 3.05) is 5.32 Å². The highest BCUT2D eigenvalue weighted by Crippen LogP contribution is 2.25. The smallest absolute Gasteiger partial charge is 0.269 e. The van der Waals surface area contributed by atoms with Crippen molar-refractivity contribution in [1.29, 1.82) is 0 Å². The number of anilines is 1. The molecular formula is C14H9BrClN3O3S. The van der Waals surface area contributed by atoms with E-state index in [2.05, 4.69) is 26.6 Å². The van der Waals surface area contributed by atoms with Crippen LogP contribution in [-0.2, 0) is 0 Å². The van der Waals surface area contributed by atoms with Crippen molar-refractivity contribution in [2.45, 2.75) is 0 Å². The summed E-state index contributed by atoms with van der Waals surface area (Å²) in [5, 5.41) is 16.5. The number of nitro benzene ring substituents is 1. The summed E-state index contributed by atoms with van der Waals surface area (Å²) in [5.41, 5.74) is 0.785. The Morgan fingerprint density at radius 1 is 1.22 bits per heavy atom. The van der Waals surface area contributed by atoms with Crippen molar-refractivity contribution in [3.05, 3.63) is 67.6 Å². The summed E-state index contributed by atoms with van der Waals surface area (Å²) in [6.45, 7) is 0. The second-order valence-electron chi connectivity index (χ2n) is 4.34. The lowest BCUT2D eigenvalue weighted by molar-refractivity contribution is -0.384. The van der Waals surface area contributed by atoms with E-state index in [1.54, 1.807) is 18.2 Å². The molecule has 23 heavy (non-hydrogen) atoms. The van der Waals surface area contributed by atoms with Crippen LogP contribution in [0.5, 0.6) is 0 Å². The maximum absolute atomic E-state index is 12.0. The van der Waals surface area contributed by atoms with E-state index in [0.29, 0.717) is 10.7 Å². The number of nitro groups is 1. The number of benzene rings is 2. The number of amides is 1. The largest absolute Gasteiger partial charge is 0.332 e. The van der Waals surface area contributed by atoms with Gasteiger partial charge in [-0.25, -0.2) is 0 Å². The molecule has 0 aliphatic rings. The fraction of sp³-hybridized carbons (Fsp3) is 0. The second kappa shape index (κ2) is 7.49. The molecule has 0 aliphatic carbocycles. The molecule has 1 amide bonds. The van der Waals surface area contributed by atoms with Gasteiger partial charge in [-0.2, -0.15) is 0 Å². The third-order valence-electron chi connectivity index (χ3n) is 2.74. The minimum atomic E-state index is -0.537. The summed E-state index contributed by atoms with van der Waals surface area (Å²) in [7, 11) is 0. The van der Waals surface area contributed by atoms with Crippen molar-refractivity contribution < 1.29 is 9.72 Å². The van der Waals surface area contributed by atoms with Gasteiger partial charge in [0.1, 0.15) is 0 Å². The highest BCUT2D eigenvalue weighted by Gasteiger charge is 2.11. The lowest BCUT2D eigenvalue weighted by Crippen LogP contribution is -2.34. The van der Waals surface area contributed by atoms with Crippen LogP contribution in [0.25, 0.3) is 0 Å². The maximum atomic E-state index is 12.0. The standard InChI is InChI=1S/C14H9BrClN3O3S/c15-11-6-3-9(7-12(11)16)17-14(23)18-13(20)8-1-4-10(5-2-8)19(21)22/h1-7H,(H2,17,18,20,23). The van der Waals surface area contributed by atoms with E-state index in [4.69, 9.17) is 23.8 Å². The molecule has 0 atom stereocenters. The SMILES string of the molecule is O=C(NC(=S)Nc1ccc(Br)c(Cl)c1)c1ccc([N+](=O)[O-])cc1. The monoisotopic (exact) mass is 413 g/mol. The number of hydrogen-bond acceptors (Lipinski definition) is 4. The van der Waals surface area contributed by atoms with Gasteiger partial charge in [0, 0.05) is 27.9 Å². The molecule has 0 fully saturated rings. The average molecular weight is 415 g/mol. The molecule has 0 saturated carbocycles. The zero-order chi connectivity index (χ0) is 17.0. The number of nitrogens with zero attached hydrogens (tertiary/aromatic N) is 1. The number of rotatable bonds is 3. The first-order valence-electron chi connectivity index (χ1n) is 6.18. The van der Waals surface area contributed by atoms with Crippen LogP contribution >= 0.6 is 39.7 Å². The quantitative estimate of drug-likeness (QED) is 0.448. The molecule has 0 aromatic heterocycles. The van der Waals surface area contributed by atoms with E-state index in [9.17, 15) is 14.9 Å². The molecule has 0 bridgehead atoms. The summed E-state index contributed by atoms with van der Waals surface area (Å²) < 4.78 is 0.741. The van der Waals surface area contributed by atoms with Crippen molar-refractivity contribution in [3.8, 4) is 0 Å². The Morgan fingerprint density at radius 3 is 2.43 bits per heavy atom. The number of thiocarbonyl (C=S) groups is 1. The van der Waals surface area contributed by atoms with Gasteiger partial charge in [-0.05, 0) is 58.5 Å². The van der Waals surface area contributed by atoms with Gasteiger partial charge in [0.05, 0.1) is 9.95 Å². The average Bonchev–Trinajstić information content (AvgIpc) is 2.51. The molecule has 9 heteroatoms. The molecule has 2 rings (SSSR count). The molecule has 2 aromatic rings. The highest BCUT2D eigenvalue weighted by atomic mass is 79.9. The van der Waals surface area contributed by atoms with Crippen LogP contribution < -0.4 is 10.6 Å². The molecule has 118 valence electrons. The van der Waals surface area contributed by atoms with Crippen LogP contribution in [0.4, 0.5) is 11.4 Å². The van der Waals surface area contributed by atoms with Crippen LogP contribution in [0.15, 0.2) is 46.9 Å². The van der Waals surface area contributed by atoms with Crippen LogP contribution in [-0.4, -0.2) is 15.9 Å². The molecule has 2 N–H and O–H groups in total. The fourth-order valence-electron chi connectivity index (χ4n) is 1.65. The topological polar surface area (TPSA) is 84.3 Å². The molecule has 6 nitrogen and oxygen atoms in total. The molecule has 0 heterocycles. The molecular weight excluding hydrogens is 406 g/mol. The Morgan fingerprint density at radius 2 is 1.87 bits per heavy atom. The van der Waals surface area contributed by atoms with Gasteiger partial charge < -0.3 is 5.32 Å². The third kappa shape index (κ3) is 4.72. The molecule has 0 spiro atoms. The summed E-state index contributed by atoms with van der Waals surface area (Å²) in [4.78, 5) is 22.0. The molecule has 0 unspecified atom stereocenters. The van der Waals surface area contributed by atoms with Gasteiger partial charge in [0.15, 0.2) is 5.11 Å². The van der Waals surface area contributed by atoms with Crippen LogP contribution in [0.1, 0.15) is 10.4 Å². The number of non-ortho nitro benzene ring substituents is 1. The van der Waals surface area contributed by atoms with Crippen LogP contribution in [0.2, 0.25) is 5.02 Å². The van der Waals surface area contributed by atoms with E-state index in [1.165, 1.54) is 24.3 Å². The van der Waals surface area contributed by atoms with Gasteiger partial charge in [-0.15, -0.1) is 0 Å². The van der Waals surface area contributed by atoms with Crippen molar-refractivity contribution in [2.24, 2.45) is 0 Å². The molecule has 2 aromatic carbocycles. The first-order valence-corrected chi connectivity index (χ1v) is 7.76. The molecule has 0 radical (unpaired) electrons. The number of carbonyl (C=O) groups is 1. The van der Waals surface area contributed by atoms with E-state index < -0.39 is 10.8 Å². The lowest BCUT2D eigenvalue weighted by Gasteiger charge is -2.10. The fourth-order valence-corrected chi connectivity index (χ4v) is 2.28. The number of halogens is 2. The zero-order valence-corrected chi connectivity index (χ0v) is 14.5. The lowest BCUT2D eigenvalue weighted by atomic mass is 10.2. The van der Waals surface area contributed by atoms with E-state index >= 15 is 0 Å². The van der Waals surface area contributed by atoms with Crippen LogP contribution in [0.3, 0.4) is 0 Å². The predicted molar refractivity (Wildman–Crippen MR) is 95.9 cm³/mol. The van der Waals surface area contributed by atoms with Gasteiger partial charge in [0.2, 0.25) is 0 Å². The Balaban J connectivity index is 2.00. The number of carbonyl (C=O) groups excluding carboxylic acids is 1. The van der Waals surface area contributed by atoms with E-state index in [0.717, 1.165) is 4.47 Å².